The van der Waals surface area contributed by atoms with Gasteiger partial charge in [-0.3, -0.25) is 0 Å². The van der Waals surface area contributed by atoms with Crippen LogP contribution in [0.5, 0.6) is 0 Å². The molecule has 15 heavy (non-hydrogen) atoms. The fraction of sp³-hybridized carbons (Fsp3) is 1.00. The van der Waals surface area contributed by atoms with E-state index in [9.17, 15) is 0 Å². The summed E-state index contributed by atoms with van der Waals surface area (Å²) < 4.78 is 0. The van der Waals surface area contributed by atoms with Crippen LogP contribution in [0.1, 0.15) is 65.7 Å². The molecule has 0 aromatic carbocycles. The molecule has 0 aliphatic carbocycles. The SMILES string of the molecule is CCCCCCC[C@H](C)NCC[C@@H](C)O. The average molecular weight is 215 g/mol. The summed E-state index contributed by atoms with van der Waals surface area (Å²) in [5.74, 6) is 0. The van der Waals surface area contributed by atoms with Crippen molar-refractivity contribution in [3.05, 3.63) is 0 Å². The van der Waals surface area contributed by atoms with Crippen LogP contribution in [0.4, 0.5) is 0 Å². The Balaban J connectivity index is 3.15. The number of hydrogen-bond acceptors (Lipinski definition) is 2. The molecule has 0 amide bonds. The summed E-state index contributed by atoms with van der Waals surface area (Å²) in [5, 5.41) is 12.5. The summed E-state index contributed by atoms with van der Waals surface area (Å²) in [5.41, 5.74) is 0. The maximum absolute atomic E-state index is 9.10. The molecule has 0 aliphatic rings. The van der Waals surface area contributed by atoms with Crippen molar-refractivity contribution >= 4 is 0 Å². The van der Waals surface area contributed by atoms with Crippen LogP contribution in [-0.4, -0.2) is 23.8 Å². The van der Waals surface area contributed by atoms with Crippen molar-refractivity contribution in [2.75, 3.05) is 6.54 Å². The summed E-state index contributed by atoms with van der Waals surface area (Å²) in [6, 6.07) is 0.602. The van der Waals surface area contributed by atoms with Gasteiger partial charge in [0.1, 0.15) is 0 Å². The van der Waals surface area contributed by atoms with Gasteiger partial charge in [-0.2, -0.15) is 0 Å². The molecule has 0 rings (SSSR count). The van der Waals surface area contributed by atoms with Crippen molar-refractivity contribution in [2.24, 2.45) is 0 Å². The highest BCUT2D eigenvalue weighted by atomic mass is 16.3. The first-order valence-corrected chi connectivity index (χ1v) is 6.58. The van der Waals surface area contributed by atoms with E-state index in [1.165, 1.54) is 38.5 Å². The Morgan fingerprint density at radius 1 is 1.00 bits per heavy atom. The maximum atomic E-state index is 9.10. The minimum Gasteiger partial charge on any atom is -0.393 e. The minimum absolute atomic E-state index is 0.172. The van der Waals surface area contributed by atoms with Gasteiger partial charge in [-0.25, -0.2) is 0 Å². The molecule has 0 saturated heterocycles. The molecular weight excluding hydrogens is 186 g/mol. The van der Waals surface area contributed by atoms with E-state index < -0.39 is 0 Å². The molecular formula is C13H29NO. The quantitative estimate of drug-likeness (QED) is 0.549. The molecule has 0 heterocycles. The second kappa shape index (κ2) is 10.4. The number of hydrogen-bond donors (Lipinski definition) is 2. The van der Waals surface area contributed by atoms with Crippen LogP contribution in [0.25, 0.3) is 0 Å². The molecule has 0 spiro atoms. The van der Waals surface area contributed by atoms with Gasteiger partial charge in [0.05, 0.1) is 6.10 Å². The zero-order valence-electron chi connectivity index (χ0n) is 10.8. The minimum atomic E-state index is -0.172. The van der Waals surface area contributed by atoms with Gasteiger partial charge < -0.3 is 10.4 Å². The van der Waals surface area contributed by atoms with Crippen molar-refractivity contribution in [3.8, 4) is 0 Å². The molecule has 0 radical (unpaired) electrons. The second-order valence-corrected chi connectivity index (χ2v) is 4.70. The molecule has 0 aliphatic heterocycles. The van der Waals surface area contributed by atoms with Crippen LogP contribution < -0.4 is 5.32 Å². The van der Waals surface area contributed by atoms with Gasteiger partial charge in [-0.15, -0.1) is 0 Å². The molecule has 2 heteroatoms. The Morgan fingerprint density at radius 2 is 1.67 bits per heavy atom. The normalized spacial score (nSPS) is 15.2. The van der Waals surface area contributed by atoms with Gasteiger partial charge in [-0.1, -0.05) is 39.0 Å². The van der Waals surface area contributed by atoms with E-state index in [0.29, 0.717) is 6.04 Å². The Morgan fingerprint density at radius 3 is 2.27 bits per heavy atom. The van der Waals surface area contributed by atoms with Gasteiger partial charge in [0.15, 0.2) is 0 Å². The van der Waals surface area contributed by atoms with Gasteiger partial charge in [0, 0.05) is 6.04 Å². The van der Waals surface area contributed by atoms with Crippen LogP contribution in [0, 0.1) is 0 Å². The van der Waals surface area contributed by atoms with Gasteiger partial charge in [0.2, 0.25) is 0 Å². The Hall–Kier alpha value is -0.0800. The number of unbranched alkanes of at least 4 members (excludes halogenated alkanes) is 4. The van der Waals surface area contributed by atoms with E-state index in [1.807, 2.05) is 6.92 Å². The molecule has 92 valence electrons. The van der Waals surface area contributed by atoms with Crippen molar-refractivity contribution in [3.63, 3.8) is 0 Å². The first-order valence-electron chi connectivity index (χ1n) is 6.58. The van der Waals surface area contributed by atoms with Crippen molar-refractivity contribution in [1.29, 1.82) is 0 Å². The second-order valence-electron chi connectivity index (χ2n) is 4.70. The van der Waals surface area contributed by atoms with Crippen LogP contribution >= 0.6 is 0 Å². The predicted octanol–water partition coefficient (Wildman–Crippen LogP) is 3.10. The lowest BCUT2D eigenvalue weighted by Crippen LogP contribution is -2.28. The maximum Gasteiger partial charge on any atom is 0.0524 e. The smallest absolute Gasteiger partial charge is 0.0524 e. The number of aliphatic hydroxyl groups excluding tert-OH is 1. The predicted molar refractivity (Wildman–Crippen MR) is 67.1 cm³/mol. The third-order valence-corrected chi connectivity index (χ3v) is 2.80. The highest BCUT2D eigenvalue weighted by Gasteiger charge is 2.01. The standard InChI is InChI=1S/C13H29NO/c1-4-5-6-7-8-9-12(2)14-11-10-13(3)15/h12-15H,4-11H2,1-3H3/t12-,13+/m0/s1. The molecule has 0 bridgehead atoms. The molecule has 0 unspecified atom stereocenters. The van der Waals surface area contributed by atoms with Gasteiger partial charge >= 0.3 is 0 Å². The zero-order valence-corrected chi connectivity index (χ0v) is 10.8. The summed E-state index contributed by atoms with van der Waals surface area (Å²) in [7, 11) is 0. The largest absolute Gasteiger partial charge is 0.393 e. The number of aliphatic hydroxyl groups is 1. The summed E-state index contributed by atoms with van der Waals surface area (Å²) in [6.45, 7) is 7.27. The van der Waals surface area contributed by atoms with E-state index in [2.05, 4.69) is 19.2 Å². The molecule has 2 atom stereocenters. The lowest BCUT2D eigenvalue weighted by atomic mass is 10.1. The van der Waals surface area contributed by atoms with Crippen molar-refractivity contribution in [2.45, 2.75) is 77.9 Å². The number of nitrogens with one attached hydrogen (secondary N) is 1. The molecule has 0 aromatic rings. The Kier molecular flexibility index (Phi) is 10.4. The van der Waals surface area contributed by atoms with Crippen LogP contribution in [-0.2, 0) is 0 Å². The molecule has 2 nitrogen and oxygen atoms in total. The average Bonchev–Trinajstić information content (AvgIpc) is 2.17. The van der Waals surface area contributed by atoms with Gasteiger partial charge in [-0.05, 0) is 33.2 Å². The first kappa shape index (κ1) is 14.9. The van der Waals surface area contributed by atoms with Crippen LogP contribution in [0.2, 0.25) is 0 Å². The number of rotatable bonds is 10. The topological polar surface area (TPSA) is 32.3 Å². The monoisotopic (exact) mass is 215 g/mol. The summed E-state index contributed by atoms with van der Waals surface area (Å²) in [6.07, 6.45) is 8.75. The highest BCUT2D eigenvalue weighted by Crippen LogP contribution is 2.07. The van der Waals surface area contributed by atoms with E-state index in [-0.39, 0.29) is 6.10 Å². The molecule has 0 saturated carbocycles. The van der Waals surface area contributed by atoms with Crippen molar-refractivity contribution in [1.82, 2.24) is 5.32 Å². The fourth-order valence-electron chi connectivity index (χ4n) is 1.69. The third-order valence-electron chi connectivity index (χ3n) is 2.80. The van der Waals surface area contributed by atoms with E-state index in [0.717, 1.165) is 13.0 Å². The van der Waals surface area contributed by atoms with E-state index >= 15 is 0 Å². The zero-order chi connectivity index (χ0) is 11.5. The van der Waals surface area contributed by atoms with Crippen LogP contribution in [0.3, 0.4) is 0 Å². The van der Waals surface area contributed by atoms with Gasteiger partial charge in [0.25, 0.3) is 0 Å². The van der Waals surface area contributed by atoms with E-state index in [4.69, 9.17) is 5.11 Å². The Bertz CT molecular complexity index is 126. The fourth-order valence-corrected chi connectivity index (χ4v) is 1.69. The van der Waals surface area contributed by atoms with E-state index in [1.54, 1.807) is 0 Å². The third kappa shape index (κ3) is 11.8. The lowest BCUT2D eigenvalue weighted by Gasteiger charge is -2.14. The van der Waals surface area contributed by atoms with Crippen molar-refractivity contribution < 1.29 is 5.11 Å². The molecule has 0 fully saturated rings. The molecule has 0 aromatic heterocycles. The summed E-state index contributed by atoms with van der Waals surface area (Å²) in [4.78, 5) is 0. The Labute approximate surface area is 95.5 Å². The highest BCUT2D eigenvalue weighted by molar-refractivity contribution is 4.62. The molecule has 2 N–H and O–H groups in total. The van der Waals surface area contributed by atoms with Crippen LogP contribution in [0.15, 0.2) is 0 Å². The lowest BCUT2D eigenvalue weighted by molar-refractivity contribution is 0.182. The summed E-state index contributed by atoms with van der Waals surface area (Å²) >= 11 is 0. The first-order chi connectivity index (χ1) is 7.16.